The molecule has 1 aliphatic heterocycles. The molecule has 27 heavy (non-hydrogen) atoms. The molecule has 0 unspecified atom stereocenters. The molecule has 1 aliphatic rings. The van der Waals surface area contributed by atoms with E-state index in [-0.39, 0.29) is 24.9 Å². The summed E-state index contributed by atoms with van der Waals surface area (Å²) in [7, 11) is 0. The maximum absolute atomic E-state index is 12.1. The van der Waals surface area contributed by atoms with E-state index in [1.54, 1.807) is 18.3 Å². The van der Waals surface area contributed by atoms with E-state index in [0.717, 1.165) is 12.8 Å². The number of anilines is 1. The Morgan fingerprint density at radius 2 is 2.11 bits per heavy atom. The molecular formula is C18H20N6O3. The van der Waals surface area contributed by atoms with E-state index in [2.05, 4.69) is 26.3 Å². The molecule has 0 aliphatic carbocycles. The number of nitrogens with one attached hydrogen (secondary N) is 2. The third kappa shape index (κ3) is 4.61. The minimum Gasteiger partial charge on any atom is -0.355 e. The van der Waals surface area contributed by atoms with E-state index in [4.69, 9.17) is 0 Å². The zero-order valence-corrected chi connectivity index (χ0v) is 14.7. The van der Waals surface area contributed by atoms with Gasteiger partial charge in [-0.2, -0.15) is 5.26 Å². The zero-order chi connectivity index (χ0) is 19.2. The van der Waals surface area contributed by atoms with Gasteiger partial charge in [0.1, 0.15) is 11.9 Å². The van der Waals surface area contributed by atoms with Gasteiger partial charge >= 0.3 is 5.69 Å². The van der Waals surface area contributed by atoms with Crippen LogP contribution in [-0.2, 0) is 11.3 Å². The Hall–Kier alpha value is -3.41. The highest BCUT2D eigenvalue weighted by Crippen LogP contribution is 2.21. The highest BCUT2D eigenvalue weighted by atomic mass is 16.2. The third-order valence-electron chi connectivity index (χ3n) is 4.54. The van der Waals surface area contributed by atoms with Crippen LogP contribution in [0, 0.1) is 11.3 Å². The topological polar surface area (TPSA) is 124 Å². The van der Waals surface area contributed by atoms with Crippen molar-refractivity contribution in [3.8, 4) is 6.07 Å². The predicted octanol–water partition coefficient (Wildman–Crippen LogP) is -0.0214. The van der Waals surface area contributed by atoms with Crippen LogP contribution in [-0.4, -0.2) is 39.6 Å². The lowest BCUT2D eigenvalue weighted by molar-refractivity contribution is -0.122. The number of pyridine rings is 1. The number of rotatable bonds is 5. The van der Waals surface area contributed by atoms with Crippen LogP contribution in [0.4, 0.5) is 5.82 Å². The summed E-state index contributed by atoms with van der Waals surface area (Å²) < 4.78 is 1.30. The molecule has 0 atom stereocenters. The first kappa shape index (κ1) is 18.4. The van der Waals surface area contributed by atoms with Gasteiger partial charge in [0, 0.05) is 50.6 Å². The van der Waals surface area contributed by atoms with Crippen molar-refractivity contribution in [2.75, 3.05) is 18.0 Å². The minimum absolute atomic E-state index is 0.0512. The molecule has 2 N–H and O–H groups in total. The molecule has 140 valence electrons. The van der Waals surface area contributed by atoms with Crippen molar-refractivity contribution in [1.29, 1.82) is 5.26 Å². The fraction of sp³-hybridized carbons (Fsp3) is 0.389. The number of aromatic amines is 1. The van der Waals surface area contributed by atoms with Crippen molar-refractivity contribution in [3.63, 3.8) is 0 Å². The highest BCUT2D eigenvalue weighted by Gasteiger charge is 2.22. The lowest BCUT2D eigenvalue weighted by Gasteiger charge is -2.33. The number of amides is 1. The number of piperidine rings is 1. The first-order valence-corrected chi connectivity index (χ1v) is 8.76. The summed E-state index contributed by atoms with van der Waals surface area (Å²) in [6.07, 6.45) is 4.72. The van der Waals surface area contributed by atoms with Crippen LogP contribution in [0.3, 0.4) is 0 Å². The SMILES string of the molecule is N#Cc1cccnc1N1CCC(NC(=O)CCn2ccc(=O)[nH]c2=O)CC1. The highest BCUT2D eigenvalue weighted by molar-refractivity contribution is 5.76. The van der Waals surface area contributed by atoms with Crippen molar-refractivity contribution in [3.05, 3.63) is 57.0 Å². The molecule has 0 aromatic carbocycles. The normalized spacial score (nSPS) is 14.6. The van der Waals surface area contributed by atoms with Crippen molar-refractivity contribution in [2.45, 2.75) is 31.8 Å². The molecule has 0 radical (unpaired) electrons. The maximum Gasteiger partial charge on any atom is 0.328 e. The Labute approximate surface area is 155 Å². The summed E-state index contributed by atoms with van der Waals surface area (Å²) in [4.78, 5) is 43.3. The minimum atomic E-state index is -0.521. The molecule has 0 bridgehead atoms. The van der Waals surface area contributed by atoms with Gasteiger partial charge in [0.05, 0.1) is 5.56 Å². The van der Waals surface area contributed by atoms with Gasteiger partial charge in [0.2, 0.25) is 5.91 Å². The predicted molar refractivity (Wildman–Crippen MR) is 98.3 cm³/mol. The fourth-order valence-corrected chi connectivity index (χ4v) is 3.11. The summed E-state index contributed by atoms with van der Waals surface area (Å²) in [5, 5.41) is 12.2. The first-order valence-electron chi connectivity index (χ1n) is 8.76. The molecule has 3 rings (SSSR count). The smallest absolute Gasteiger partial charge is 0.328 e. The molecule has 0 saturated carbocycles. The summed E-state index contributed by atoms with van der Waals surface area (Å²) in [6, 6.07) is 6.94. The van der Waals surface area contributed by atoms with Gasteiger partial charge in [-0.1, -0.05) is 0 Å². The van der Waals surface area contributed by atoms with E-state index in [1.807, 2.05) is 0 Å². The number of nitriles is 1. The van der Waals surface area contributed by atoms with E-state index >= 15 is 0 Å². The molecule has 9 nitrogen and oxygen atoms in total. The van der Waals surface area contributed by atoms with Gasteiger partial charge in [-0.25, -0.2) is 9.78 Å². The molecule has 3 heterocycles. The molecule has 2 aromatic rings. The van der Waals surface area contributed by atoms with Crippen LogP contribution in [0.25, 0.3) is 0 Å². The number of nitrogens with zero attached hydrogens (tertiary/aromatic N) is 4. The van der Waals surface area contributed by atoms with Gasteiger partial charge in [-0.05, 0) is 25.0 Å². The molecular weight excluding hydrogens is 348 g/mol. The number of aromatic nitrogens is 3. The molecule has 2 aromatic heterocycles. The molecule has 0 spiro atoms. The Balaban J connectivity index is 1.49. The largest absolute Gasteiger partial charge is 0.355 e. The van der Waals surface area contributed by atoms with E-state index in [0.29, 0.717) is 24.5 Å². The lowest BCUT2D eigenvalue weighted by Crippen LogP contribution is -2.45. The molecule has 1 fully saturated rings. The third-order valence-corrected chi connectivity index (χ3v) is 4.54. The second-order valence-corrected chi connectivity index (χ2v) is 6.37. The van der Waals surface area contributed by atoms with Crippen molar-refractivity contribution in [1.82, 2.24) is 19.9 Å². The fourth-order valence-electron chi connectivity index (χ4n) is 3.11. The number of hydrogen-bond acceptors (Lipinski definition) is 6. The Morgan fingerprint density at radius 1 is 1.33 bits per heavy atom. The van der Waals surface area contributed by atoms with Crippen molar-refractivity contribution < 1.29 is 4.79 Å². The van der Waals surface area contributed by atoms with E-state index < -0.39 is 11.2 Å². The number of H-pyrrole nitrogens is 1. The van der Waals surface area contributed by atoms with Crippen LogP contribution < -0.4 is 21.5 Å². The van der Waals surface area contributed by atoms with E-state index in [1.165, 1.54) is 16.8 Å². The van der Waals surface area contributed by atoms with Gasteiger partial charge in [0.15, 0.2) is 0 Å². The zero-order valence-electron chi connectivity index (χ0n) is 14.7. The van der Waals surface area contributed by atoms with Gasteiger partial charge in [-0.3, -0.25) is 14.6 Å². The quantitative estimate of drug-likeness (QED) is 0.764. The molecule has 1 saturated heterocycles. The molecule has 9 heteroatoms. The number of hydrogen-bond donors (Lipinski definition) is 2. The Kier molecular flexibility index (Phi) is 5.66. The van der Waals surface area contributed by atoms with Crippen LogP contribution in [0.2, 0.25) is 0 Å². The van der Waals surface area contributed by atoms with Crippen LogP contribution in [0.1, 0.15) is 24.8 Å². The Bertz CT molecular complexity index is 966. The molecule has 1 amide bonds. The maximum atomic E-state index is 12.1. The monoisotopic (exact) mass is 368 g/mol. The van der Waals surface area contributed by atoms with E-state index in [9.17, 15) is 19.6 Å². The summed E-state index contributed by atoms with van der Waals surface area (Å²) in [6.45, 7) is 1.62. The number of carbonyl (C=O) groups excluding carboxylic acids is 1. The number of aryl methyl sites for hydroxylation is 1. The first-order chi connectivity index (χ1) is 13.1. The Morgan fingerprint density at radius 3 is 2.81 bits per heavy atom. The lowest BCUT2D eigenvalue weighted by atomic mass is 10.0. The average molecular weight is 368 g/mol. The number of carbonyl (C=O) groups is 1. The second kappa shape index (κ2) is 8.31. The summed E-state index contributed by atoms with van der Waals surface area (Å²) in [5.41, 5.74) is -0.432. The summed E-state index contributed by atoms with van der Waals surface area (Å²) in [5.74, 6) is 0.546. The van der Waals surface area contributed by atoms with Gasteiger partial charge in [-0.15, -0.1) is 0 Å². The van der Waals surface area contributed by atoms with Gasteiger partial charge < -0.3 is 14.8 Å². The van der Waals surface area contributed by atoms with Crippen LogP contribution >= 0.6 is 0 Å². The summed E-state index contributed by atoms with van der Waals surface area (Å²) >= 11 is 0. The average Bonchev–Trinajstić information content (AvgIpc) is 2.68. The van der Waals surface area contributed by atoms with Crippen LogP contribution in [0.5, 0.6) is 0 Å². The van der Waals surface area contributed by atoms with Crippen molar-refractivity contribution >= 4 is 11.7 Å². The standard InChI is InChI=1S/C18H20N6O3/c19-12-13-2-1-7-20-17(13)23-8-3-14(4-9-23)21-15(25)5-10-24-11-6-16(26)22-18(24)27/h1-2,6-7,11,14H,3-5,8-10H2,(H,21,25)(H,22,26,27). The van der Waals surface area contributed by atoms with Crippen molar-refractivity contribution in [2.24, 2.45) is 0 Å². The van der Waals surface area contributed by atoms with Crippen LogP contribution in [0.15, 0.2) is 40.2 Å². The second-order valence-electron chi connectivity index (χ2n) is 6.37. The van der Waals surface area contributed by atoms with Gasteiger partial charge in [0.25, 0.3) is 5.56 Å².